The van der Waals surface area contributed by atoms with E-state index in [4.69, 9.17) is 4.74 Å². The molecule has 0 radical (unpaired) electrons. The van der Waals surface area contributed by atoms with Gasteiger partial charge in [-0.05, 0) is 30.0 Å². The van der Waals surface area contributed by atoms with Crippen LogP contribution in [0.25, 0.3) is 22.3 Å². The first-order valence-electron chi connectivity index (χ1n) is 7.95. The number of hydrogen-bond donors (Lipinski definition) is 0. The van der Waals surface area contributed by atoms with Crippen LogP contribution in [0.2, 0.25) is 0 Å². The van der Waals surface area contributed by atoms with Crippen molar-refractivity contribution in [2.45, 2.75) is 12.8 Å². The number of benzene rings is 1. The Morgan fingerprint density at radius 3 is 2.65 bits per heavy atom. The number of fused-ring (bicyclic) bond motifs is 2. The Labute approximate surface area is 148 Å². The first-order chi connectivity index (χ1) is 12.4. The number of carbonyl (C=O) groups is 1. The van der Waals surface area contributed by atoms with Crippen molar-refractivity contribution in [2.24, 2.45) is 14.1 Å². The molecule has 2 aliphatic heterocycles. The molecule has 0 aromatic heterocycles. The highest BCUT2D eigenvalue weighted by atomic mass is 16.5. The van der Waals surface area contributed by atoms with Crippen molar-refractivity contribution in [2.75, 3.05) is 6.61 Å². The lowest BCUT2D eigenvalue weighted by Crippen LogP contribution is -2.35. The number of hydrogen-bond acceptors (Lipinski definition) is 6. The minimum absolute atomic E-state index is 0.183. The molecule has 3 rings (SSSR count). The third-order valence-electron chi connectivity index (χ3n) is 4.28. The summed E-state index contributed by atoms with van der Waals surface area (Å²) < 4.78 is 7.50. The second-order valence-electron chi connectivity index (χ2n) is 5.83. The molecule has 1 unspecified atom stereocenters. The normalized spacial score (nSPS) is 12.1. The van der Waals surface area contributed by atoms with Crippen LogP contribution in [0.3, 0.4) is 0 Å². The zero-order valence-electron chi connectivity index (χ0n) is 14.5. The van der Waals surface area contributed by atoms with Gasteiger partial charge in [0.25, 0.3) is 5.56 Å². The Hall–Kier alpha value is -3.47. The average Bonchev–Trinajstić information content (AvgIpc) is 2.62. The minimum Gasteiger partial charge on any atom is -0.465 e. The molecule has 26 heavy (non-hydrogen) atoms. The lowest BCUT2D eigenvalue weighted by atomic mass is 9.98. The molecule has 1 aromatic carbocycles. The maximum atomic E-state index is 12.3. The predicted molar refractivity (Wildman–Crippen MR) is 93.8 cm³/mol. The topological polar surface area (TPSA) is 107 Å². The molecule has 0 amide bonds. The Morgan fingerprint density at radius 1 is 1.27 bits per heavy atom. The fourth-order valence-electron chi connectivity index (χ4n) is 2.88. The van der Waals surface area contributed by atoms with E-state index in [0.29, 0.717) is 16.6 Å². The van der Waals surface area contributed by atoms with Crippen LogP contribution in [-0.4, -0.2) is 26.7 Å². The van der Waals surface area contributed by atoms with Gasteiger partial charge in [-0.1, -0.05) is 12.1 Å². The van der Waals surface area contributed by atoms with Crippen LogP contribution in [0.1, 0.15) is 18.4 Å². The highest BCUT2D eigenvalue weighted by Gasteiger charge is 2.23. The van der Waals surface area contributed by atoms with Gasteiger partial charge in [0.2, 0.25) is 0 Å². The molecule has 0 saturated heterocycles. The van der Waals surface area contributed by atoms with Gasteiger partial charge in [0.05, 0.1) is 18.2 Å². The molecule has 8 nitrogen and oxygen atoms in total. The first-order valence-corrected chi connectivity index (χ1v) is 7.95. The summed E-state index contributed by atoms with van der Waals surface area (Å²) in [4.78, 5) is 40.1. The van der Waals surface area contributed by atoms with E-state index in [0.717, 1.165) is 9.95 Å². The van der Waals surface area contributed by atoms with Gasteiger partial charge < -0.3 is 9.30 Å². The van der Waals surface area contributed by atoms with Crippen molar-refractivity contribution >= 4 is 16.9 Å². The molecule has 2 aliphatic rings. The number of esters is 1. The lowest BCUT2D eigenvalue weighted by Gasteiger charge is -2.16. The summed E-state index contributed by atoms with van der Waals surface area (Å²) >= 11 is 0. The van der Waals surface area contributed by atoms with E-state index in [1.807, 2.05) is 6.07 Å². The van der Waals surface area contributed by atoms with Gasteiger partial charge in [-0.2, -0.15) is 10.2 Å². The summed E-state index contributed by atoms with van der Waals surface area (Å²) in [6.45, 7) is 1.86. The third kappa shape index (κ3) is 2.63. The molecular weight excluding hydrogens is 336 g/mol. The number of aryl methyl sites for hydroxylation is 1. The maximum absolute atomic E-state index is 12.3. The summed E-state index contributed by atoms with van der Waals surface area (Å²) in [5.41, 5.74) is 0.356. The van der Waals surface area contributed by atoms with Crippen molar-refractivity contribution < 1.29 is 9.53 Å². The van der Waals surface area contributed by atoms with E-state index in [1.54, 1.807) is 42.8 Å². The van der Waals surface area contributed by atoms with E-state index in [2.05, 4.69) is 4.98 Å². The van der Waals surface area contributed by atoms with Crippen molar-refractivity contribution in [3.63, 3.8) is 0 Å². The van der Waals surface area contributed by atoms with Crippen LogP contribution in [0.4, 0.5) is 0 Å². The number of ether oxygens (including phenoxy) is 1. The van der Waals surface area contributed by atoms with Crippen molar-refractivity contribution in [1.29, 1.82) is 5.26 Å². The van der Waals surface area contributed by atoms with E-state index in [-0.39, 0.29) is 12.4 Å². The molecule has 1 atom stereocenters. The predicted octanol–water partition coefficient (Wildman–Crippen LogP) is 0.907. The Morgan fingerprint density at radius 2 is 2.00 bits per heavy atom. The highest BCUT2D eigenvalue weighted by Crippen LogP contribution is 2.26. The number of carbonyl (C=O) groups excluding carboxylic acids is 1. The van der Waals surface area contributed by atoms with Crippen molar-refractivity contribution in [1.82, 2.24) is 14.1 Å². The molecular formula is C18H16N4O4. The van der Waals surface area contributed by atoms with Crippen LogP contribution in [0.15, 0.2) is 33.9 Å². The Balaban J connectivity index is 2.29. The fraction of sp³-hybridized carbons (Fsp3) is 0.278. The van der Waals surface area contributed by atoms with E-state index in [9.17, 15) is 19.6 Å². The third-order valence-corrected chi connectivity index (χ3v) is 4.28. The summed E-state index contributed by atoms with van der Waals surface area (Å²) in [5, 5.41) is 10.1. The first kappa shape index (κ1) is 17.4. The summed E-state index contributed by atoms with van der Waals surface area (Å²) in [6, 6.07) is 8.64. The Kier molecular flexibility index (Phi) is 4.30. The molecule has 0 saturated carbocycles. The summed E-state index contributed by atoms with van der Waals surface area (Å²) in [7, 11) is 3.05. The van der Waals surface area contributed by atoms with Crippen LogP contribution < -0.4 is 11.2 Å². The molecule has 8 heteroatoms. The van der Waals surface area contributed by atoms with Crippen LogP contribution in [0, 0.1) is 11.3 Å². The van der Waals surface area contributed by atoms with Gasteiger partial charge in [0, 0.05) is 19.6 Å². The van der Waals surface area contributed by atoms with Gasteiger partial charge in [0.15, 0.2) is 11.7 Å². The fourth-order valence-corrected chi connectivity index (χ4v) is 2.88. The second-order valence-corrected chi connectivity index (χ2v) is 5.83. The molecule has 1 aromatic rings. The molecule has 132 valence electrons. The minimum atomic E-state index is -1.05. The molecule has 0 bridgehead atoms. The van der Waals surface area contributed by atoms with Crippen LogP contribution in [-0.2, 0) is 23.6 Å². The zero-order valence-corrected chi connectivity index (χ0v) is 14.5. The van der Waals surface area contributed by atoms with Gasteiger partial charge in [-0.3, -0.25) is 14.2 Å². The van der Waals surface area contributed by atoms with Crippen molar-refractivity contribution in [3.8, 4) is 17.5 Å². The van der Waals surface area contributed by atoms with Crippen LogP contribution in [0.5, 0.6) is 0 Å². The molecule has 0 fully saturated rings. The van der Waals surface area contributed by atoms with E-state index < -0.39 is 23.1 Å². The second kappa shape index (κ2) is 6.44. The standard InChI is InChI=1S/C18H16N4O4/c1-4-26-17(24)13(9-19)10-5-6-11-7-12-15(21(2)14(11)8-10)20-18(25)22(3)16(12)23/h5-8,13H,4H2,1-3H3. The smallest absolute Gasteiger partial charge is 0.352 e. The summed E-state index contributed by atoms with van der Waals surface area (Å²) in [6.07, 6.45) is 0. The number of aromatic nitrogens is 3. The molecule has 2 heterocycles. The van der Waals surface area contributed by atoms with E-state index in [1.165, 1.54) is 7.05 Å². The largest absolute Gasteiger partial charge is 0.465 e. The SMILES string of the molecule is CCOC(=O)C(C#N)c1ccc2cc3c(=O)n(C)c(=O)nc-3n(C)c2c1. The van der Waals surface area contributed by atoms with Gasteiger partial charge in [-0.25, -0.2) is 4.79 Å². The van der Waals surface area contributed by atoms with Gasteiger partial charge >= 0.3 is 11.7 Å². The lowest BCUT2D eigenvalue weighted by molar-refractivity contribution is -0.143. The summed E-state index contributed by atoms with van der Waals surface area (Å²) in [5.74, 6) is -1.43. The van der Waals surface area contributed by atoms with E-state index >= 15 is 0 Å². The quantitative estimate of drug-likeness (QED) is 0.512. The molecule has 0 spiro atoms. The number of pyridine rings is 1. The monoisotopic (exact) mass is 352 g/mol. The van der Waals surface area contributed by atoms with Gasteiger partial charge in [-0.15, -0.1) is 0 Å². The number of rotatable bonds is 3. The van der Waals surface area contributed by atoms with Gasteiger partial charge in [0.1, 0.15) is 0 Å². The number of nitriles is 1. The maximum Gasteiger partial charge on any atom is 0.352 e. The average molecular weight is 352 g/mol. The van der Waals surface area contributed by atoms with Crippen LogP contribution >= 0.6 is 0 Å². The molecule has 0 aliphatic carbocycles. The highest BCUT2D eigenvalue weighted by molar-refractivity contribution is 5.88. The Bertz CT molecular complexity index is 1150. The molecule has 0 N–H and O–H groups in total. The zero-order chi connectivity index (χ0) is 19.0. The number of nitrogens with zero attached hydrogens (tertiary/aromatic N) is 4. The van der Waals surface area contributed by atoms with Crippen molar-refractivity contribution in [3.05, 3.63) is 50.7 Å².